The number of nitrogens with zero attached hydrogens (tertiary/aromatic N) is 1. The fourth-order valence-electron chi connectivity index (χ4n) is 1.01. The van der Waals surface area contributed by atoms with E-state index < -0.39 is 0 Å². The maximum absolute atomic E-state index is 12.9. The second-order valence-corrected chi connectivity index (χ2v) is 2.74. The van der Waals surface area contributed by atoms with E-state index in [2.05, 4.69) is 4.99 Å². The lowest BCUT2D eigenvalue weighted by Gasteiger charge is -2.03. The van der Waals surface area contributed by atoms with Crippen molar-refractivity contribution in [2.45, 2.75) is 6.54 Å². The monoisotopic (exact) mass is 233 g/mol. The Bertz CT molecular complexity index is 353. The van der Waals surface area contributed by atoms with Crippen LogP contribution in [0.1, 0.15) is 5.56 Å². The first-order valence-corrected chi connectivity index (χ1v) is 4.00. The zero-order valence-electron chi connectivity index (χ0n) is 8.24. The highest BCUT2D eigenvalue weighted by Crippen LogP contribution is 2.16. The van der Waals surface area contributed by atoms with Crippen molar-refractivity contribution in [3.8, 4) is 5.75 Å². The zero-order chi connectivity index (χ0) is 10.6. The zero-order valence-corrected chi connectivity index (χ0v) is 9.05. The van der Waals surface area contributed by atoms with Gasteiger partial charge in [0.25, 0.3) is 0 Å². The molecule has 0 aliphatic heterocycles. The first-order chi connectivity index (χ1) is 6.61. The number of nitrogens with two attached hydrogens (primary N) is 2. The highest BCUT2D eigenvalue weighted by molar-refractivity contribution is 5.85. The van der Waals surface area contributed by atoms with Crippen molar-refractivity contribution in [1.82, 2.24) is 0 Å². The number of guanidine groups is 1. The minimum atomic E-state index is -0.370. The van der Waals surface area contributed by atoms with Gasteiger partial charge in [0.05, 0.1) is 13.7 Å². The molecular formula is C9H13ClFN3O. The normalized spacial score (nSPS) is 8.93. The Balaban J connectivity index is 0.00000196. The van der Waals surface area contributed by atoms with E-state index in [9.17, 15) is 4.39 Å². The molecule has 1 aromatic rings. The fourth-order valence-corrected chi connectivity index (χ4v) is 1.01. The number of methoxy groups -OCH3 is 1. The lowest BCUT2D eigenvalue weighted by atomic mass is 10.2. The molecule has 4 N–H and O–H groups in total. The summed E-state index contributed by atoms with van der Waals surface area (Å²) >= 11 is 0. The first-order valence-electron chi connectivity index (χ1n) is 4.00. The third-order valence-electron chi connectivity index (χ3n) is 1.61. The van der Waals surface area contributed by atoms with Crippen LogP contribution in [0.3, 0.4) is 0 Å². The summed E-state index contributed by atoms with van der Waals surface area (Å²) in [6.45, 7) is 0.246. The second kappa shape index (κ2) is 6.08. The van der Waals surface area contributed by atoms with E-state index in [0.29, 0.717) is 11.3 Å². The number of ether oxygens (including phenoxy) is 1. The summed E-state index contributed by atoms with van der Waals surface area (Å²) in [6, 6.07) is 4.32. The molecule has 0 unspecified atom stereocenters. The summed E-state index contributed by atoms with van der Waals surface area (Å²) in [7, 11) is 1.47. The maximum Gasteiger partial charge on any atom is 0.186 e. The van der Waals surface area contributed by atoms with Gasteiger partial charge in [-0.2, -0.15) is 0 Å². The molecule has 1 rings (SSSR count). The van der Waals surface area contributed by atoms with Gasteiger partial charge < -0.3 is 16.2 Å². The van der Waals surface area contributed by atoms with Crippen molar-refractivity contribution in [3.63, 3.8) is 0 Å². The Hall–Kier alpha value is -1.49. The molecule has 0 heterocycles. The van der Waals surface area contributed by atoms with Gasteiger partial charge in [-0.05, 0) is 17.7 Å². The van der Waals surface area contributed by atoms with Gasteiger partial charge in [0.2, 0.25) is 0 Å². The highest BCUT2D eigenvalue weighted by atomic mass is 35.5. The summed E-state index contributed by atoms with van der Waals surface area (Å²) < 4.78 is 17.8. The molecule has 0 aliphatic rings. The molecule has 0 saturated carbocycles. The Morgan fingerprint density at radius 2 is 2.07 bits per heavy atom. The molecule has 84 valence electrons. The number of aliphatic imine (C=N–C) groups is 1. The predicted molar refractivity (Wildman–Crippen MR) is 59.7 cm³/mol. The van der Waals surface area contributed by atoms with Gasteiger partial charge in [-0.25, -0.2) is 9.38 Å². The number of hydrogen-bond donors (Lipinski definition) is 2. The van der Waals surface area contributed by atoms with Gasteiger partial charge >= 0.3 is 0 Å². The Kier molecular flexibility index (Phi) is 5.48. The largest absolute Gasteiger partial charge is 0.497 e. The van der Waals surface area contributed by atoms with Gasteiger partial charge in [-0.3, -0.25) is 0 Å². The van der Waals surface area contributed by atoms with Crippen LogP contribution in [0, 0.1) is 5.82 Å². The van der Waals surface area contributed by atoms with Gasteiger partial charge in [-0.15, -0.1) is 12.4 Å². The lowest BCUT2D eigenvalue weighted by Crippen LogP contribution is -2.22. The van der Waals surface area contributed by atoms with E-state index in [1.54, 1.807) is 6.07 Å². The standard InChI is InChI=1S/C9H12FN3O.ClH/c1-14-8-3-6(2-7(10)4-8)5-13-9(11)12;/h2-4H,5H2,1H3,(H4,11,12,13);1H. The van der Waals surface area contributed by atoms with Crippen LogP contribution in [0.25, 0.3) is 0 Å². The van der Waals surface area contributed by atoms with Crippen LogP contribution in [-0.2, 0) is 6.54 Å². The van der Waals surface area contributed by atoms with E-state index >= 15 is 0 Å². The summed E-state index contributed by atoms with van der Waals surface area (Å²) in [5.41, 5.74) is 11.0. The van der Waals surface area contributed by atoms with Crippen molar-refractivity contribution in [2.24, 2.45) is 16.5 Å². The number of hydrogen-bond acceptors (Lipinski definition) is 2. The van der Waals surface area contributed by atoms with Gasteiger partial charge in [-0.1, -0.05) is 0 Å². The minimum Gasteiger partial charge on any atom is -0.497 e. The number of benzene rings is 1. The van der Waals surface area contributed by atoms with Gasteiger partial charge in [0, 0.05) is 6.07 Å². The summed E-state index contributed by atoms with van der Waals surface area (Å²) in [5.74, 6) is 0.0594. The quantitative estimate of drug-likeness (QED) is 0.605. The van der Waals surface area contributed by atoms with Crippen molar-refractivity contribution in [3.05, 3.63) is 29.6 Å². The molecule has 0 atom stereocenters. The van der Waals surface area contributed by atoms with Crippen molar-refractivity contribution in [1.29, 1.82) is 0 Å². The molecule has 0 aromatic heterocycles. The Morgan fingerprint density at radius 3 is 2.60 bits per heavy atom. The molecule has 4 nitrogen and oxygen atoms in total. The molecule has 0 bridgehead atoms. The van der Waals surface area contributed by atoms with Crippen molar-refractivity contribution in [2.75, 3.05) is 7.11 Å². The Labute approximate surface area is 93.5 Å². The summed E-state index contributed by atoms with van der Waals surface area (Å²) in [6.07, 6.45) is 0. The van der Waals surface area contributed by atoms with Crippen molar-refractivity contribution >= 4 is 18.4 Å². The van der Waals surface area contributed by atoms with Crippen LogP contribution < -0.4 is 16.2 Å². The highest BCUT2D eigenvalue weighted by Gasteiger charge is 2.00. The van der Waals surface area contributed by atoms with Crippen LogP contribution in [0.15, 0.2) is 23.2 Å². The predicted octanol–water partition coefficient (Wildman–Crippen LogP) is 1.03. The molecule has 0 spiro atoms. The van der Waals surface area contributed by atoms with Gasteiger partial charge in [0.15, 0.2) is 5.96 Å². The van der Waals surface area contributed by atoms with E-state index in [1.165, 1.54) is 19.2 Å². The number of rotatable bonds is 3. The second-order valence-electron chi connectivity index (χ2n) is 2.74. The average Bonchev–Trinajstić information content (AvgIpc) is 2.14. The van der Waals surface area contributed by atoms with Crippen LogP contribution in [0.2, 0.25) is 0 Å². The van der Waals surface area contributed by atoms with E-state index in [1.807, 2.05) is 0 Å². The fraction of sp³-hybridized carbons (Fsp3) is 0.222. The molecule has 6 heteroatoms. The van der Waals surface area contributed by atoms with Crippen molar-refractivity contribution < 1.29 is 9.13 Å². The first kappa shape index (κ1) is 13.5. The smallest absolute Gasteiger partial charge is 0.186 e. The lowest BCUT2D eigenvalue weighted by molar-refractivity contribution is 0.410. The van der Waals surface area contributed by atoms with Crippen LogP contribution in [-0.4, -0.2) is 13.1 Å². The molecule has 0 amide bonds. The van der Waals surface area contributed by atoms with E-state index in [-0.39, 0.29) is 30.7 Å². The molecule has 1 aromatic carbocycles. The molecule has 0 aliphatic carbocycles. The van der Waals surface area contributed by atoms with Crippen LogP contribution >= 0.6 is 12.4 Å². The van der Waals surface area contributed by atoms with Crippen LogP contribution in [0.5, 0.6) is 5.75 Å². The van der Waals surface area contributed by atoms with E-state index in [0.717, 1.165) is 0 Å². The molecule has 15 heavy (non-hydrogen) atoms. The topological polar surface area (TPSA) is 73.6 Å². The van der Waals surface area contributed by atoms with E-state index in [4.69, 9.17) is 16.2 Å². The number of halogens is 2. The Morgan fingerprint density at radius 1 is 1.40 bits per heavy atom. The molecule has 0 radical (unpaired) electrons. The molecule has 0 saturated heterocycles. The molecular weight excluding hydrogens is 221 g/mol. The average molecular weight is 234 g/mol. The van der Waals surface area contributed by atoms with Crippen LogP contribution in [0.4, 0.5) is 4.39 Å². The van der Waals surface area contributed by atoms with Gasteiger partial charge in [0.1, 0.15) is 11.6 Å². The SMILES string of the molecule is COc1cc(F)cc(CN=C(N)N)c1.Cl. The third-order valence-corrected chi connectivity index (χ3v) is 1.61. The summed E-state index contributed by atoms with van der Waals surface area (Å²) in [4.78, 5) is 3.76. The maximum atomic E-state index is 12.9. The summed E-state index contributed by atoms with van der Waals surface area (Å²) in [5, 5.41) is 0. The third kappa shape index (κ3) is 4.51. The minimum absolute atomic E-state index is 0. The molecule has 0 fully saturated rings.